The number of rotatable bonds is 1. The summed E-state index contributed by atoms with van der Waals surface area (Å²) >= 11 is 0. The van der Waals surface area contributed by atoms with Crippen LogP contribution in [-0.2, 0) is 4.79 Å². The van der Waals surface area contributed by atoms with E-state index in [1.54, 1.807) is 6.92 Å². The lowest BCUT2D eigenvalue weighted by atomic mass is 10.0. The molecule has 1 aromatic carbocycles. The van der Waals surface area contributed by atoms with E-state index in [0.717, 1.165) is 16.3 Å². The summed E-state index contributed by atoms with van der Waals surface area (Å²) in [5.74, 6) is -0.254. The third-order valence-corrected chi connectivity index (χ3v) is 2.58. The number of benzene rings is 1. The second kappa shape index (κ2) is 3.72. The van der Waals surface area contributed by atoms with E-state index in [2.05, 4.69) is 5.10 Å². The highest BCUT2D eigenvalue weighted by Gasteiger charge is 2.38. The van der Waals surface area contributed by atoms with Gasteiger partial charge in [0, 0.05) is 13.3 Å². The highest BCUT2D eigenvalue weighted by molar-refractivity contribution is 6.03. The molecule has 0 aromatic heterocycles. The molecule has 1 heterocycles. The lowest BCUT2D eigenvalue weighted by Crippen LogP contribution is -2.42. The van der Waals surface area contributed by atoms with E-state index in [4.69, 9.17) is 0 Å². The van der Waals surface area contributed by atoms with Crippen LogP contribution in [0, 0.1) is 0 Å². The number of aliphatic hydroxyl groups is 1. The normalized spacial score (nSPS) is 24.4. The first kappa shape index (κ1) is 10.8. The Kier molecular flexibility index (Phi) is 2.52. The summed E-state index contributed by atoms with van der Waals surface area (Å²) in [6.45, 7) is 2.99. The van der Waals surface area contributed by atoms with Crippen LogP contribution in [0.25, 0.3) is 0 Å². The van der Waals surface area contributed by atoms with Crippen molar-refractivity contribution in [1.29, 1.82) is 0 Å². The molecular weight excluding hydrogens is 204 g/mol. The zero-order valence-electron chi connectivity index (χ0n) is 9.34. The van der Waals surface area contributed by atoms with Gasteiger partial charge in [-0.1, -0.05) is 30.3 Å². The summed E-state index contributed by atoms with van der Waals surface area (Å²) in [5.41, 5.74) is 0.462. The van der Waals surface area contributed by atoms with Gasteiger partial charge in [0.1, 0.15) is 0 Å². The third-order valence-electron chi connectivity index (χ3n) is 2.58. The van der Waals surface area contributed by atoms with Gasteiger partial charge in [0.15, 0.2) is 5.72 Å². The van der Waals surface area contributed by atoms with Gasteiger partial charge < -0.3 is 5.11 Å². The van der Waals surface area contributed by atoms with E-state index >= 15 is 0 Å². The first-order chi connectivity index (χ1) is 7.50. The molecule has 1 N–H and O–H groups in total. The number of carbonyl (C=O) groups excluding carboxylic acids is 1. The number of nitrogens with zero attached hydrogens (tertiary/aromatic N) is 2. The van der Waals surface area contributed by atoms with E-state index in [9.17, 15) is 9.90 Å². The fraction of sp³-hybridized carbons (Fsp3) is 0.333. The van der Waals surface area contributed by atoms with Crippen LogP contribution >= 0.6 is 0 Å². The van der Waals surface area contributed by atoms with Crippen LogP contribution in [0.15, 0.2) is 35.4 Å². The van der Waals surface area contributed by atoms with Crippen LogP contribution in [0.4, 0.5) is 0 Å². The molecule has 0 saturated heterocycles. The Hall–Kier alpha value is -1.68. The van der Waals surface area contributed by atoms with Gasteiger partial charge >= 0.3 is 0 Å². The second-order valence-corrected chi connectivity index (χ2v) is 4.14. The van der Waals surface area contributed by atoms with Gasteiger partial charge in [0.25, 0.3) is 0 Å². The molecule has 1 unspecified atom stereocenters. The molecule has 0 saturated carbocycles. The summed E-state index contributed by atoms with van der Waals surface area (Å²) in [6, 6.07) is 9.56. The topological polar surface area (TPSA) is 52.9 Å². The third kappa shape index (κ3) is 1.84. The average molecular weight is 218 g/mol. The van der Waals surface area contributed by atoms with Crippen LogP contribution < -0.4 is 0 Å². The Morgan fingerprint density at radius 2 is 2.06 bits per heavy atom. The number of carbonyl (C=O) groups is 1. The second-order valence-electron chi connectivity index (χ2n) is 4.14. The van der Waals surface area contributed by atoms with Crippen molar-refractivity contribution in [3.63, 3.8) is 0 Å². The Bertz CT molecular complexity index is 438. The van der Waals surface area contributed by atoms with Crippen LogP contribution in [0.1, 0.15) is 25.8 Å². The van der Waals surface area contributed by atoms with Crippen LogP contribution in [-0.4, -0.2) is 27.5 Å². The predicted octanol–water partition coefficient (Wildman–Crippen LogP) is 1.35. The molecule has 4 heteroatoms. The summed E-state index contributed by atoms with van der Waals surface area (Å²) < 4.78 is 0. The Morgan fingerprint density at radius 1 is 1.44 bits per heavy atom. The molecular formula is C12H14N2O2. The predicted molar refractivity (Wildman–Crippen MR) is 60.7 cm³/mol. The zero-order chi connectivity index (χ0) is 11.8. The smallest absolute Gasteiger partial charge is 0.242 e. The van der Waals surface area contributed by atoms with Gasteiger partial charge in [-0.05, 0) is 12.5 Å². The molecule has 1 atom stereocenters. The molecule has 1 aliphatic rings. The van der Waals surface area contributed by atoms with Gasteiger partial charge in [-0.2, -0.15) is 5.10 Å². The maximum atomic E-state index is 11.3. The Balaban J connectivity index is 2.33. The average Bonchev–Trinajstić information content (AvgIpc) is 2.56. The number of hydrogen-bond acceptors (Lipinski definition) is 3. The first-order valence-corrected chi connectivity index (χ1v) is 5.17. The number of hydrogen-bond donors (Lipinski definition) is 1. The molecule has 0 bridgehead atoms. The SMILES string of the molecule is CC(=O)N1N=C(c2ccccc2)CC1(C)O. The molecule has 0 fully saturated rings. The van der Waals surface area contributed by atoms with Crippen LogP contribution in [0.2, 0.25) is 0 Å². The zero-order valence-corrected chi connectivity index (χ0v) is 9.34. The van der Waals surface area contributed by atoms with Gasteiger partial charge in [-0.15, -0.1) is 0 Å². The Labute approximate surface area is 94.2 Å². The minimum absolute atomic E-state index is 0.254. The summed E-state index contributed by atoms with van der Waals surface area (Å²) in [7, 11) is 0. The molecule has 4 nitrogen and oxygen atoms in total. The summed E-state index contributed by atoms with van der Waals surface area (Å²) in [5, 5.41) is 15.3. The van der Waals surface area contributed by atoms with E-state index in [1.807, 2.05) is 30.3 Å². The standard InChI is InChI=1S/C12H14N2O2/c1-9(15)14-12(2,16)8-11(13-14)10-6-4-3-5-7-10/h3-7,16H,8H2,1-2H3. The number of hydrazone groups is 1. The molecule has 84 valence electrons. The van der Waals surface area contributed by atoms with Crippen molar-refractivity contribution < 1.29 is 9.90 Å². The quantitative estimate of drug-likeness (QED) is 0.773. The molecule has 0 aliphatic carbocycles. The van der Waals surface area contributed by atoms with E-state index in [-0.39, 0.29) is 5.91 Å². The van der Waals surface area contributed by atoms with Crippen molar-refractivity contribution in [2.24, 2.45) is 5.10 Å². The van der Waals surface area contributed by atoms with E-state index < -0.39 is 5.72 Å². The van der Waals surface area contributed by atoms with Gasteiger partial charge in [-0.25, -0.2) is 5.01 Å². The molecule has 2 rings (SSSR count). The van der Waals surface area contributed by atoms with Crippen molar-refractivity contribution in [2.75, 3.05) is 0 Å². The fourth-order valence-electron chi connectivity index (χ4n) is 1.86. The van der Waals surface area contributed by atoms with Crippen molar-refractivity contribution >= 4 is 11.6 Å². The van der Waals surface area contributed by atoms with E-state index in [0.29, 0.717) is 6.42 Å². The highest BCUT2D eigenvalue weighted by atomic mass is 16.3. The van der Waals surface area contributed by atoms with Crippen LogP contribution in [0.5, 0.6) is 0 Å². The van der Waals surface area contributed by atoms with Gasteiger partial charge in [0.05, 0.1) is 5.71 Å². The van der Waals surface area contributed by atoms with Crippen molar-refractivity contribution in [3.8, 4) is 0 Å². The maximum absolute atomic E-state index is 11.3. The largest absolute Gasteiger partial charge is 0.369 e. The molecule has 0 spiro atoms. The minimum Gasteiger partial charge on any atom is -0.369 e. The molecule has 1 amide bonds. The fourth-order valence-corrected chi connectivity index (χ4v) is 1.86. The lowest BCUT2D eigenvalue weighted by molar-refractivity contribution is -0.149. The van der Waals surface area contributed by atoms with Gasteiger partial charge in [-0.3, -0.25) is 4.79 Å². The Morgan fingerprint density at radius 3 is 2.56 bits per heavy atom. The van der Waals surface area contributed by atoms with Gasteiger partial charge in [0.2, 0.25) is 5.91 Å². The lowest BCUT2D eigenvalue weighted by Gasteiger charge is -2.25. The minimum atomic E-state index is -1.21. The van der Waals surface area contributed by atoms with E-state index in [1.165, 1.54) is 6.92 Å². The molecule has 0 radical (unpaired) electrons. The molecule has 16 heavy (non-hydrogen) atoms. The van der Waals surface area contributed by atoms with Crippen molar-refractivity contribution in [2.45, 2.75) is 26.0 Å². The summed E-state index contributed by atoms with van der Waals surface area (Å²) in [4.78, 5) is 11.3. The van der Waals surface area contributed by atoms with Crippen molar-refractivity contribution in [3.05, 3.63) is 35.9 Å². The first-order valence-electron chi connectivity index (χ1n) is 5.17. The highest BCUT2D eigenvalue weighted by Crippen LogP contribution is 2.27. The maximum Gasteiger partial charge on any atom is 0.242 e. The summed E-state index contributed by atoms with van der Waals surface area (Å²) in [6.07, 6.45) is 0.358. The number of amides is 1. The van der Waals surface area contributed by atoms with Crippen molar-refractivity contribution in [1.82, 2.24) is 5.01 Å². The monoisotopic (exact) mass is 218 g/mol. The molecule has 1 aliphatic heterocycles. The molecule has 1 aromatic rings. The van der Waals surface area contributed by atoms with Crippen LogP contribution in [0.3, 0.4) is 0 Å².